The summed E-state index contributed by atoms with van der Waals surface area (Å²) >= 11 is 1.64. The van der Waals surface area contributed by atoms with Crippen molar-refractivity contribution in [3.05, 3.63) is 61.8 Å². The first-order valence-electron chi connectivity index (χ1n) is 6.76. The van der Waals surface area contributed by atoms with Crippen molar-refractivity contribution in [1.82, 2.24) is 9.97 Å². The average molecular weight is 318 g/mol. The summed E-state index contributed by atoms with van der Waals surface area (Å²) in [6.45, 7) is 4.40. The molecule has 0 saturated carbocycles. The summed E-state index contributed by atoms with van der Waals surface area (Å²) in [6.07, 6.45) is 4.44. The van der Waals surface area contributed by atoms with Crippen molar-refractivity contribution >= 4 is 11.3 Å². The van der Waals surface area contributed by atoms with Crippen LogP contribution in [0.1, 0.15) is 6.42 Å². The van der Waals surface area contributed by atoms with Gasteiger partial charge in [0, 0.05) is 12.4 Å². The predicted octanol–water partition coefficient (Wildman–Crippen LogP) is 1.48. The van der Waals surface area contributed by atoms with E-state index in [0.29, 0.717) is 6.61 Å². The third-order valence-corrected chi connectivity index (χ3v) is 4.01. The number of ether oxygens (including phenoxy) is 1. The van der Waals surface area contributed by atoms with Crippen LogP contribution in [0.3, 0.4) is 0 Å². The molecule has 3 nitrogen and oxygen atoms in total. The molecule has 106 valence electrons. The minimum Gasteiger partial charge on any atom is -0.496 e. The molecule has 0 radical (unpaired) electrons. The first kappa shape index (κ1) is 17.2. The van der Waals surface area contributed by atoms with Gasteiger partial charge in [0.15, 0.2) is 0 Å². The molecule has 3 rings (SSSR count). The van der Waals surface area contributed by atoms with E-state index in [-0.39, 0.29) is 29.6 Å². The Hall–Kier alpha value is -1.20. The summed E-state index contributed by atoms with van der Waals surface area (Å²) in [5, 5.41) is 0.933. The Labute approximate surface area is 156 Å². The van der Waals surface area contributed by atoms with Gasteiger partial charge in [0.05, 0.1) is 17.2 Å². The van der Waals surface area contributed by atoms with Crippen LogP contribution in [-0.2, 0) is 0 Å². The molecule has 2 heterocycles. The molecule has 0 aliphatic carbocycles. The van der Waals surface area contributed by atoms with Gasteiger partial charge in [-0.3, -0.25) is 4.98 Å². The molecule has 2 aromatic heterocycles. The fraction of sp³-hybridized carbons (Fsp3) is 0.118. The Morgan fingerprint density at radius 2 is 1.86 bits per heavy atom. The molecule has 0 amide bonds. The fourth-order valence-corrected chi connectivity index (χ4v) is 2.82. The SMILES string of the molecule is [CH2-]CCOc1ccc(-c2cnc(-c3ccccn3)s2)cc1.[Na+]. The Morgan fingerprint density at radius 1 is 1.05 bits per heavy atom. The zero-order valence-corrected chi connectivity index (χ0v) is 15.3. The van der Waals surface area contributed by atoms with Crippen molar-refractivity contribution < 1.29 is 34.3 Å². The zero-order chi connectivity index (χ0) is 14.5. The molecule has 0 saturated heterocycles. The van der Waals surface area contributed by atoms with Crippen molar-refractivity contribution in [2.75, 3.05) is 6.61 Å². The van der Waals surface area contributed by atoms with Crippen LogP contribution in [0, 0.1) is 6.92 Å². The van der Waals surface area contributed by atoms with Crippen LogP contribution in [0.5, 0.6) is 5.75 Å². The molecule has 0 fully saturated rings. The maximum atomic E-state index is 5.54. The molecule has 0 N–H and O–H groups in total. The van der Waals surface area contributed by atoms with Gasteiger partial charge >= 0.3 is 29.6 Å². The van der Waals surface area contributed by atoms with Crippen molar-refractivity contribution in [2.45, 2.75) is 6.42 Å². The summed E-state index contributed by atoms with van der Waals surface area (Å²) in [4.78, 5) is 9.90. The van der Waals surface area contributed by atoms with Gasteiger partial charge in [-0.2, -0.15) is 0 Å². The Morgan fingerprint density at radius 3 is 2.55 bits per heavy atom. The van der Waals surface area contributed by atoms with Crippen molar-refractivity contribution in [1.29, 1.82) is 0 Å². The van der Waals surface area contributed by atoms with Crippen LogP contribution < -0.4 is 34.3 Å². The summed E-state index contributed by atoms with van der Waals surface area (Å²) < 4.78 is 5.54. The normalized spacial score (nSPS) is 10.0. The van der Waals surface area contributed by atoms with Crippen LogP contribution in [-0.4, -0.2) is 16.6 Å². The largest absolute Gasteiger partial charge is 1.00 e. The molecular weight excluding hydrogens is 303 g/mol. The molecule has 0 aliphatic rings. The van der Waals surface area contributed by atoms with Crippen molar-refractivity contribution in [3.8, 4) is 26.9 Å². The molecule has 3 aromatic rings. The predicted molar refractivity (Wildman–Crippen MR) is 86.3 cm³/mol. The van der Waals surface area contributed by atoms with Gasteiger partial charge < -0.3 is 11.7 Å². The minimum absolute atomic E-state index is 0. The van der Waals surface area contributed by atoms with E-state index in [1.807, 2.05) is 48.7 Å². The summed E-state index contributed by atoms with van der Waals surface area (Å²) in [5.41, 5.74) is 2.04. The smallest absolute Gasteiger partial charge is 0.496 e. The Bertz CT molecular complexity index is 698. The van der Waals surface area contributed by atoms with Crippen LogP contribution in [0.4, 0.5) is 0 Å². The van der Waals surface area contributed by atoms with Crippen LogP contribution >= 0.6 is 11.3 Å². The molecular formula is C17H15N2NaOS. The van der Waals surface area contributed by atoms with Gasteiger partial charge in [-0.05, 0) is 42.0 Å². The van der Waals surface area contributed by atoms with E-state index < -0.39 is 0 Å². The first-order chi connectivity index (χ1) is 10.4. The van der Waals surface area contributed by atoms with Crippen molar-refractivity contribution in [2.24, 2.45) is 0 Å². The average Bonchev–Trinajstić information content (AvgIpc) is 3.04. The van der Waals surface area contributed by atoms with Gasteiger partial charge in [0.1, 0.15) is 10.8 Å². The standard InChI is InChI=1S/C17H15N2OS.Na/c1-2-11-20-14-8-6-13(7-9-14)16-12-19-17(21-16)15-5-3-4-10-18-15;/h3-10,12H,1-2,11H2;/q-1;+1. The second-order valence-corrected chi connectivity index (χ2v) is 5.50. The molecule has 0 atom stereocenters. The topological polar surface area (TPSA) is 35.0 Å². The first-order valence-corrected chi connectivity index (χ1v) is 7.58. The third-order valence-electron chi connectivity index (χ3n) is 2.94. The molecule has 22 heavy (non-hydrogen) atoms. The van der Waals surface area contributed by atoms with Crippen molar-refractivity contribution in [3.63, 3.8) is 0 Å². The monoisotopic (exact) mass is 318 g/mol. The van der Waals surface area contributed by atoms with Gasteiger partial charge in [0.25, 0.3) is 0 Å². The van der Waals surface area contributed by atoms with E-state index in [4.69, 9.17) is 4.74 Å². The second kappa shape index (κ2) is 8.44. The summed E-state index contributed by atoms with van der Waals surface area (Å²) in [7, 11) is 0. The summed E-state index contributed by atoms with van der Waals surface area (Å²) in [6, 6.07) is 13.9. The Kier molecular flexibility index (Phi) is 6.58. The van der Waals surface area contributed by atoms with E-state index in [2.05, 4.69) is 16.9 Å². The number of nitrogens with zero attached hydrogens (tertiary/aromatic N) is 2. The van der Waals surface area contributed by atoms with E-state index in [1.54, 1.807) is 17.5 Å². The number of hydrogen-bond donors (Lipinski definition) is 0. The van der Waals surface area contributed by atoms with E-state index in [1.165, 1.54) is 0 Å². The minimum atomic E-state index is 0. The molecule has 0 aliphatic heterocycles. The zero-order valence-electron chi connectivity index (χ0n) is 12.5. The molecule has 1 aromatic carbocycles. The molecule has 0 bridgehead atoms. The second-order valence-electron chi connectivity index (χ2n) is 4.47. The number of rotatable bonds is 5. The number of hydrogen-bond acceptors (Lipinski definition) is 4. The van der Waals surface area contributed by atoms with Gasteiger partial charge in [0.2, 0.25) is 0 Å². The van der Waals surface area contributed by atoms with E-state index in [0.717, 1.165) is 33.3 Å². The quantitative estimate of drug-likeness (QED) is 0.528. The number of benzene rings is 1. The maximum absolute atomic E-state index is 5.54. The number of pyridine rings is 1. The van der Waals surface area contributed by atoms with E-state index in [9.17, 15) is 0 Å². The third kappa shape index (κ3) is 4.17. The van der Waals surface area contributed by atoms with Gasteiger partial charge in [-0.25, -0.2) is 4.98 Å². The van der Waals surface area contributed by atoms with Gasteiger partial charge in [-0.15, -0.1) is 17.8 Å². The number of aromatic nitrogens is 2. The van der Waals surface area contributed by atoms with E-state index >= 15 is 0 Å². The Balaban J connectivity index is 0.00000176. The number of thiazole rings is 1. The fourth-order valence-electron chi connectivity index (χ4n) is 1.92. The molecule has 0 unspecified atom stereocenters. The maximum Gasteiger partial charge on any atom is 1.00 e. The van der Waals surface area contributed by atoms with Gasteiger partial charge in [-0.1, -0.05) is 6.07 Å². The van der Waals surface area contributed by atoms with Crippen LogP contribution in [0.2, 0.25) is 0 Å². The summed E-state index contributed by atoms with van der Waals surface area (Å²) in [5.74, 6) is 0.872. The molecule has 5 heteroatoms. The van der Waals surface area contributed by atoms with Crippen LogP contribution in [0.15, 0.2) is 54.9 Å². The molecule has 0 spiro atoms. The van der Waals surface area contributed by atoms with Crippen LogP contribution in [0.25, 0.3) is 21.1 Å².